The topological polar surface area (TPSA) is 110 Å². The third-order valence-electron chi connectivity index (χ3n) is 3.25. The first-order valence-corrected chi connectivity index (χ1v) is 11.9. The zero-order valence-corrected chi connectivity index (χ0v) is 21.1. The molecule has 0 atom stereocenters. The molecule has 0 spiro atoms. The molecule has 13 heteroatoms. The van der Waals surface area contributed by atoms with Crippen LogP contribution in [0.15, 0.2) is 36.4 Å². The minimum Gasteiger partial charge on any atom is -0.743 e. The van der Waals surface area contributed by atoms with Crippen molar-refractivity contribution >= 4 is 89.8 Å². The molecule has 0 amide bonds. The fourth-order valence-electron chi connectivity index (χ4n) is 1.83. The Morgan fingerprint density at radius 2 is 1.62 bits per heavy atom. The Kier molecular flexibility index (Phi) is 8.19. The molecule has 0 saturated heterocycles. The lowest BCUT2D eigenvalue weighted by atomic mass is 10.2. The number of hydrogen-bond donors (Lipinski definition) is 0. The molecular formula is C16H8F2I3O7S-. The largest absolute Gasteiger partial charge is 0.743 e. The second kappa shape index (κ2) is 9.65. The van der Waals surface area contributed by atoms with Crippen LogP contribution in [0, 0.1) is 10.7 Å². The Morgan fingerprint density at radius 3 is 2.17 bits per heavy atom. The van der Waals surface area contributed by atoms with Crippen molar-refractivity contribution in [2.24, 2.45) is 0 Å². The van der Waals surface area contributed by atoms with Gasteiger partial charge in [0.1, 0.15) is 5.75 Å². The normalized spacial score (nSPS) is 11.8. The molecular weight excluding hydrogens is 755 g/mol. The van der Waals surface area contributed by atoms with E-state index in [0.29, 0.717) is 9.13 Å². The number of alkyl halides is 2. The van der Waals surface area contributed by atoms with E-state index in [1.54, 1.807) is 6.07 Å². The predicted octanol–water partition coefficient (Wildman–Crippen LogP) is 4.01. The number of halogens is 5. The van der Waals surface area contributed by atoms with Crippen LogP contribution in [0.1, 0.15) is 20.7 Å². The third kappa shape index (κ3) is 6.41. The maximum Gasteiger partial charge on any atom is 0.367 e. The van der Waals surface area contributed by atoms with Crippen molar-refractivity contribution in [1.29, 1.82) is 0 Å². The van der Waals surface area contributed by atoms with Crippen molar-refractivity contribution in [3.05, 3.63) is 58.2 Å². The van der Waals surface area contributed by atoms with Gasteiger partial charge in [-0.1, -0.05) is 0 Å². The van der Waals surface area contributed by atoms with Crippen molar-refractivity contribution in [2.45, 2.75) is 5.25 Å². The van der Waals surface area contributed by atoms with Gasteiger partial charge in [-0.2, -0.15) is 8.78 Å². The third-order valence-corrected chi connectivity index (χ3v) is 7.77. The average Bonchev–Trinajstić information content (AvgIpc) is 2.62. The molecule has 0 heterocycles. The van der Waals surface area contributed by atoms with E-state index in [4.69, 9.17) is 4.74 Å². The van der Waals surface area contributed by atoms with Crippen molar-refractivity contribution in [2.75, 3.05) is 6.61 Å². The molecule has 0 aliphatic heterocycles. The summed E-state index contributed by atoms with van der Waals surface area (Å²) >= 11 is 6.17. The molecule has 0 aliphatic rings. The highest BCUT2D eigenvalue weighted by molar-refractivity contribution is 14.1. The van der Waals surface area contributed by atoms with Gasteiger partial charge in [-0.15, -0.1) is 0 Å². The van der Waals surface area contributed by atoms with Crippen LogP contribution in [-0.2, 0) is 14.9 Å². The smallest absolute Gasteiger partial charge is 0.367 e. The van der Waals surface area contributed by atoms with Gasteiger partial charge in [0.05, 0.1) is 11.1 Å². The SMILES string of the molecule is O=C(OCC(F)(F)S(=O)(=O)[O-])c1ccc(OC(=O)c2cc(I)cc(I)c2I)cc1. The van der Waals surface area contributed by atoms with E-state index in [1.165, 1.54) is 12.1 Å². The second-order valence-corrected chi connectivity index (χ2v) is 10.3. The lowest BCUT2D eigenvalue weighted by Crippen LogP contribution is -2.34. The van der Waals surface area contributed by atoms with Crippen LogP contribution in [-0.4, -0.2) is 36.8 Å². The molecule has 2 rings (SSSR count). The van der Waals surface area contributed by atoms with Crippen molar-refractivity contribution < 1.29 is 40.8 Å². The minimum atomic E-state index is -5.96. The van der Waals surface area contributed by atoms with Gasteiger partial charge in [-0.05, 0) is 104 Å². The number of benzene rings is 2. The van der Waals surface area contributed by atoms with Crippen molar-refractivity contribution in [3.8, 4) is 5.75 Å². The molecule has 7 nitrogen and oxygen atoms in total. The van der Waals surface area contributed by atoms with Gasteiger partial charge >= 0.3 is 17.2 Å². The van der Waals surface area contributed by atoms with E-state index in [0.717, 1.165) is 19.3 Å². The van der Waals surface area contributed by atoms with E-state index in [-0.39, 0.29) is 11.3 Å². The van der Waals surface area contributed by atoms with Gasteiger partial charge in [0.25, 0.3) is 0 Å². The summed E-state index contributed by atoms with van der Waals surface area (Å²) < 4.78 is 69.1. The van der Waals surface area contributed by atoms with E-state index >= 15 is 0 Å². The summed E-state index contributed by atoms with van der Waals surface area (Å²) in [5, 5.41) is -4.74. The molecule has 0 unspecified atom stereocenters. The van der Waals surface area contributed by atoms with Crippen LogP contribution in [0.2, 0.25) is 0 Å². The van der Waals surface area contributed by atoms with Gasteiger partial charge in [0.15, 0.2) is 16.7 Å². The summed E-state index contributed by atoms with van der Waals surface area (Å²) in [4.78, 5) is 24.1. The summed E-state index contributed by atoms with van der Waals surface area (Å²) in [5.74, 6) is -1.81. The molecule has 2 aromatic rings. The molecule has 0 aromatic heterocycles. The lowest BCUT2D eigenvalue weighted by molar-refractivity contribution is -0.00997. The number of rotatable bonds is 6. The predicted molar refractivity (Wildman–Crippen MR) is 121 cm³/mol. The highest BCUT2D eigenvalue weighted by Gasteiger charge is 2.39. The van der Waals surface area contributed by atoms with Gasteiger partial charge < -0.3 is 14.0 Å². The highest BCUT2D eigenvalue weighted by atomic mass is 127. The fourth-order valence-corrected chi connectivity index (χ4v) is 4.41. The molecule has 0 fully saturated rings. The molecule has 156 valence electrons. The van der Waals surface area contributed by atoms with Gasteiger partial charge in [0.2, 0.25) is 0 Å². The van der Waals surface area contributed by atoms with Gasteiger partial charge in [-0.3, -0.25) is 0 Å². The van der Waals surface area contributed by atoms with E-state index < -0.39 is 33.9 Å². The quantitative estimate of drug-likeness (QED) is 0.144. The van der Waals surface area contributed by atoms with Crippen LogP contribution in [0.5, 0.6) is 5.75 Å². The minimum absolute atomic E-state index is 0.0867. The summed E-state index contributed by atoms with van der Waals surface area (Å²) in [6.07, 6.45) is 0. The van der Waals surface area contributed by atoms with E-state index in [9.17, 15) is 31.3 Å². The summed E-state index contributed by atoms with van der Waals surface area (Å²) in [6.45, 7) is -1.90. The molecule has 0 N–H and O–H groups in total. The zero-order chi connectivity index (χ0) is 22.0. The number of carbonyl (C=O) groups excluding carboxylic acids is 2. The fraction of sp³-hybridized carbons (Fsp3) is 0.125. The number of ether oxygens (including phenoxy) is 2. The van der Waals surface area contributed by atoms with E-state index in [1.807, 2.05) is 28.7 Å². The summed E-state index contributed by atoms with van der Waals surface area (Å²) in [5.41, 5.74) is 0.147. The highest BCUT2D eigenvalue weighted by Crippen LogP contribution is 2.25. The first kappa shape index (κ1) is 24.6. The molecule has 0 bridgehead atoms. The average molecular weight is 763 g/mol. The molecule has 29 heavy (non-hydrogen) atoms. The van der Waals surface area contributed by atoms with E-state index in [2.05, 4.69) is 49.9 Å². The standard InChI is InChI=1S/C16H9F2I3O7S/c17-16(18,29(24,25)26)7-27-14(22)8-1-3-10(4-2-8)28-15(23)11-5-9(19)6-12(20)13(11)21/h1-6H,7H2,(H,24,25,26)/p-1. The summed E-state index contributed by atoms with van der Waals surface area (Å²) in [7, 11) is -5.96. The monoisotopic (exact) mass is 763 g/mol. The van der Waals surface area contributed by atoms with Crippen molar-refractivity contribution in [1.82, 2.24) is 0 Å². The molecule has 0 saturated carbocycles. The number of esters is 2. The number of hydrogen-bond acceptors (Lipinski definition) is 7. The second-order valence-electron chi connectivity index (χ2n) is 5.33. The van der Waals surface area contributed by atoms with Gasteiger partial charge in [0, 0.05) is 10.7 Å². The van der Waals surface area contributed by atoms with Crippen LogP contribution >= 0.6 is 67.8 Å². The molecule has 0 radical (unpaired) electrons. The molecule has 2 aromatic carbocycles. The Labute approximate surface area is 204 Å². The Bertz CT molecular complexity index is 1060. The first-order chi connectivity index (χ1) is 13.3. The maximum atomic E-state index is 13.0. The van der Waals surface area contributed by atoms with Crippen molar-refractivity contribution in [3.63, 3.8) is 0 Å². The zero-order valence-electron chi connectivity index (χ0n) is 13.8. The molecule has 0 aliphatic carbocycles. The first-order valence-electron chi connectivity index (χ1n) is 7.29. The summed E-state index contributed by atoms with van der Waals surface area (Å²) in [6, 6.07) is 8.30. The lowest BCUT2D eigenvalue weighted by Gasteiger charge is -2.19. The van der Waals surface area contributed by atoms with Gasteiger partial charge in [-0.25, -0.2) is 18.0 Å². The Morgan fingerprint density at radius 1 is 1.03 bits per heavy atom. The Balaban J connectivity index is 2.07. The maximum absolute atomic E-state index is 13.0. The van der Waals surface area contributed by atoms with Crippen LogP contribution in [0.4, 0.5) is 8.78 Å². The number of carbonyl (C=O) groups is 2. The van der Waals surface area contributed by atoms with Crippen LogP contribution < -0.4 is 4.74 Å². The van der Waals surface area contributed by atoms with Crippen LogP contribution in [0.3, 0.4) is 0 Å². The Hall–Kier alpha value is -0.660. The van der Waals surface area contributed by atoms with Crippen LogP contribution in [0.25, 0.3) is 0 Å².